The van der Waals surface area contributed by atoms with Crippen molar-refractivity contribution in [1.29, 1.82) is 0 Å². The van der Waals surface area contributed by atoms with Crippen LogP contribution in [0.4, 0.5) is 0 Å². The van der Waals surface area contributed by atoms with Crippen molar-refractivity contribution in [3.63, 3.8) is 0 Å². The van der Waals surface area contributed by atoms with E-state index in [0.29, 0.717) is 36.2 Å². The average molecular weight is 369 g/mol. The molecule has 1 aliphatic carbocycles. The first kappa shape index (κ1) is 19.1. The van der Waals surface area contributed by atoms with Crippen LogP contribution >= 0.6 is 0 Å². The Morgan fingerprint density at radius 2 is 1.70 bits per heavy atom. The van der Waals surface area contributed by atoms with Crippen LogP contribution in [-0.4, -0.2) is 26.2 Å². The first-order chi connectivity index (χ1) is 13.2. The number of benzene rings is 2. The van der Waals surface area contributed by atoms with Crippen molar-refractivity contribution >= 4 is 5.91 Å². The van der Waals surface area contributed by atoms with Crippen LogP contribution in [0.2, 0.25) is 0 Å². The molecular formula is C22H27NO4. The number of rotatable bonds is 9. The molecule has 1 N–H and O–H groups in total. The Kier molecular flexibility index (Phi) is 6.22. The van der Waals surface area contributed by atoms with Gasteiger partial charge < -0.3 is 19.5 Å². The fourth-order valence-corrected chi connectivity index (χ4v) is 3.13. The molecule has 2 aromatic carbocycles. The number of nitrogens with one attached hydrogen (secondary N) is 1. The zero-order valence-corrected chi connectivity index (χ0v) is 16.2. The third-order valence-electron chi connectivity index (χ3n) is 4.66. The minimum Gasteiger partial charge on any atom is -0.497 e. The van der Waals surface area contributed by atoms with E-state index < -0.39 is 0 Å². The smallest absolute Gasteiger partial charge is 0.251 e. The summed E-state index contributed by atoms with van der Waals surface area (Å²) in [6, 6.07) is 13.2. The van der Waals surface area contributed by atoms with E-state index in [-0.39, 0.29) is 11.9 Å². The maximum atomic E-state index is 12.9. The van der Waals surface area contributed by atoms with Crippen molar-refractivity contribution < 1.29 is 19.0 Å². The molecule has 1 amide bonds. The molecule has 2 aromatic rings. The number of ether oxygens (including phenoxy) is 3. The van der Waals surface area contributed by atoms with Crippen LogP contribution in [0.1, 0.15) is 48.7 Å². The monoisotopic (exact) mass is 369 g/mol. The molecule has 1 aliphatic rings. The average Bonchev–Trinajstić information content (AvgIpc) is 3.53. The summed E-state index contributed by atoms with van der Waals surface area (Å²) in [6.45, 7) is 4.90. The van der Waals surface area contributed by atoms with Crippen LogP contribution in [0.3, 0.4) is 0 Å². The summed E-state index contributed by atoms with van der Waals surface area (Å²) in [4.78, 5) is 12.9. The molecule has 144 valence electrons. The molecule has 0 heterocycles. The molecule has 1 fully saturated rings. The van der Waals surface area contributed by atoms with E-state index in [1.165, 1.54) is 0 Å². The molecule has 3 rings (SSSR count). The third kappa shape index (κ3) is 4.73. The molecular weight excluding hydrogens is 342 g/mol. The Morgan fingerprint density at radius 1 is 1.04 bits per heavy atom. The molecule has 1 saturated carbocycles. The van der Waals surface area contributed by atoms with Gasteiger partial charge in [0.15, 0.2) is 11.5 Å². The van der Waals surface area contributed by atoms with Gasteiger partial charge in [-0.2, -0.15) is 0 Å². The Hall–Kier alpha value is -2.69. The Labute approximate surface area is 160 Å². The number of carbonyl (C=O) groups is 1. The summed E-state index contributed by atoms with van der Waals surface area (Å²) in [6.07, 6.45) is 2.26. The summed E-state index contributed by atoms with van der Waals surface area (Å²) in [7, 11) is 1.65. The van der Waals surface area contributed by atoms with Gasteiger partial charge in [-0.25, -0.2) is 0 Å². The van der Waals surface area contributed by atoms with Crippen molar-refractivity contribution in [2.45, 2.75) is 32.7 Å². The van der Waals surface area contributed by atoms with Crippen molar-refractivity contribution in [3.05, 3.63) is 53.6 Å². The van der Waals surface area contributed by atoms with Crippen molar-refractivity contribution in [2.24, 2.45) is 5.92 Å². The second kappa shape index (κ2) is 8.80. The summed E-state index contributed by atoms with van der Waals surface area (Å²) >= 11 is 0. The lowest BCUT2D eigenvalue weighted by Gasteiger charge is -2.20. The predicted molar refractivity (Wildman–Crippen MR) is 105 cm³/mol. The highest BCUT2D eigenvalue weighted by atomic mass is 16.5. The van der Waals surface area contributed by atoms with Gasteiger partial charge in [-0.3, -0.25) is 4.79 Å². The summed E-state index contributed by atoms with van der Waals surface area (Å²) < 4.78 is 16.4. The van der Waals surface area contributed by atoms with E-state index in [4.69, 9.17) is 14.2 Å². The lowest BCUT2D eigenvalue weighted by atomic mass is 10.0. The first-order valence-electron chi connectivity index (χ1n) is 9.50. The van der Waals surface area contributed by atoms with Gasteiger partial charge in [0.05, 0.1) is 26.4 Å². The van der Waals surface area contributed by atoms with Crippen molar-refractivity contribution in [3.8, 4) is 17.2 Å². The molecule has 0 unspecified atom stereocenters. The van der Waals surface area contributed by atoms with Crippen LogP contribution in [0.25, 0.3) is 0 Å². The van der Waals surface area contributed by atoms with Gasteiger partial charge in [0.1, 0.15) is 5.75 Å². The largest absolute Gasteiger partial charge is 0.497 e. The number of amides is 1. The zero-order valence-electron chi connectivity index (χ0n) is 16.2. The number of hydrogen-bond acceptors (Lipinski definition) is 4. The quantitative estimate of drug-likeness (QED) is 0.713. The van der Waals surface area contributed by atoms with Gasteiger partial charge in [0, 0.05) is 5.56 Å². The van der Waals surface area contributed by atoms with E-state index in [0.717, 1.165) is 24.2 Å². The molecule has 5 nitrogen and oxygen atoms in total. The van der Waals surface area contributed by atoms with Gasteiger partial charge in [-0.15, -0.1) is 0 Å². The zero-order chi connectivity index (χ0) is 19.2. The van der Waals surface area contributed by atoms with Crippen molar-refractivity contribution in [2.75, 3.05) is 20.3 Å². The fourth-order valence-electron chi connectivity index (χ4n) is 3.13. The second-order valence-corrected chi connectivity index (χ2v) is 6.59. The van der Waals surface area contributed by atoms with Crippen LogP contribution in [0.5, 0.6) is 17.2 Å². The van der Waals surface area contributed by atoms with Gasteiger partial charge in [0.2, 0.25) is 0 Å². The maximum Gasteiger partial charge on any atom is 0.251 e. The van der Waals surface area contributed by atoms with E-state index in [9.17, 15) is 4.79 Å². The van der Waals surface area contributed by atoms with Crippen LogP contribution in [0.15, 0.2) is 42.5 Å². The minimum atomic E-state index is -0.105. The van der Waals surface area contributed by atoms with Gasteiger partial charge >= 0.3 is 0 Å². The molecule has 0 spiro atoms. The molecule has 1 atom stereocenters. The highest BCUT2D eigenvalue weighted by molar-refractivity contribution is 5.95. The third-order valence-corrected chi connectivity index (χ3v) is 4.66. The van der Waals surface area contributed by atoms with Gasteiger partial charge in [-0.05, 0) is 68.5 Å². The first-order valence-corrected chi connectivity index (χ1v) is 9.50. The lowest BCUT2D eigenvalue weighted by Crippen LogP contribution is -2.29. The SMILES string of the molecule is CCOc1ccc(C(=O)N[C@@H](c2ccc(OC)cc2)C2CC2)cc1OCC. The Balaban J connectivity index is 1.78. The van der Waals surface area contributed by atoms with E-state index >= 15 is 0 Å². The van der Waals surface area contributed by atoms with Crippen LogP contribution in [-0.2, 0) is 0 Å². The van der Waals surface area contributed by atoms with E-state index in [1.807, 2.05) is 38.1 Å². The van der Waals surface area contributed by atoms with Crippen molar-refractivity contribution in [1.82, 2.24) is 5.32 Å². The van der Waals surface area contributed by atoms with Gasteiger partial charge in [0.25, 0.3) is 5.91 Å². The molecule has 0 aliphatic heterocycles. The number of hydrogen-bond donors (Lipinski definition) is 1. The lowest BCUT2D eigenvalue weighted by molar-refractivity contribution is 0.0931. The summed E-state index contributed by atoms with van der Waals surface area (Å²) in [5, 5.41) is 3.19. The van der Waals surface area contributed by atoms with Crippen LogP contribution in [0, 0.1) is 5.92 Å². The molecule has 27 heavy (non-hydrogen) atoms. The highest BCUT2D eigenvalue weighted by Crippen LogP contribution is 2.41. The van der Waals surface area contributed by atoms with E-state index in [2.05, 4.69) is 5.32 Å². The molecule has 0 saturated heterocycles. The van der Waals surface area contributed by atoms with Gasteiger partial charge in [-0.1, -0.05) is 12.1 Å². The normalized spacial score (nSPS) is 14.3. The standard InChI is InChI=1S/C22H27NO4/c1-4-26-19-13-10-17(14-20(19)27-5-2)22(24)23-21(15-6-7-15)16-8-11-18(25-3)12-9-16/h8-15,21H,4-7H2,1-3H3,(H,23,24)/t21-/m1/s1. The Morgan fingerprint density at radius 3 is 2.30 bits per heavy atom. The molecule has 0 radical (unpaired) electrons. The van der Waals surface area contributed by atoms with Crippen LogP contribution < -0.4 is 19.5 Å². The number of methoxy groups -OCH3 is 1. The topological polar surface area (TPSA) is 56.8 Å². The molecule has 5 heteroatoms. The number of carbonyl (C=O) groups excluding carboxylic acids is 1. The predicted octanol–water partition coefficient (Wildman–Crippen LogP) is 4.37. The fraction of sp³-hybridized carbons (Fsp3) is 0.409. The highest BCUT2D eigenvalue weighted by Gasteiger charge is 2.33. The summed E-state index contributed by atoms with van der Waals surface area (Å²) in [5.41, 5.74) is 1.67. The second-order valence-electron chi connectivity index (χ2n) is 6.59. The molecule has 0 bridgehead atoms. The Bertz CT molecular complexity index is 768. The maximum absolute atomic E-state index is 12.9. The minimum absolute atomic E-state index is 0.00511. The summed E-state index contributed by atoms with van der Waals surface area (Å²) in [5.74, 6) is 2.44. The molecule has 0 aromatic heterocycles. The van der Waals surface area contributed by atoms with E-state index in [1.54, 1.807) is 25.3 Å².